The summed E-state index contributed by atoms with van der Waals surface area (Å²) in [4.78, 5) is 25.3. The van der Waals surface area contributed by atoms with E-state index in [1.165, 1.54) is 30.4 Å². The third-order valence-corrected chi connectivity index (χ3v) is 5.70. The number of ketones is 1. The lowest BCUT2D eigenvalue weighted by Gasteiger charge is -2.13. The van der Waals surface area contributed by atoms with Crippen LogP contribution in [0.1, 0.15) is 21.5 Å². The number of rotatable bonds is 7. The van der Waals surface area contributed by atoms with Gasteiger partial charge in [0.1, 0.15) is 6.04 Å². The highest BCUT2D eigenvalue weighted by molar-refractivity contribution is 7.89. The largest absolute Gasteiger partial charge is 0.456 e. The summed E-state index contributed by atoms with van der Waals surface area (Å²) in [5.74, 6) is -1.13. The number of thiophene rings is 1. The number of carbonyl (C=O) groups is 2. The lowest BCUT2D eigenvalue weighted by Crippen LogP contribution is -2.40. The highest BCUT2D eigenvalue weighted by atomic mass is 32.2. The highest BCUT2D eigenvalue weighted by Gasteiger charge is 2.23. The molecule has 8 heteroatoms. The minimum absolute atomic E-state index is 0.0507. The van der Waals surface area contributed by atoms with Gasteiger partial charge in [0.05, 0.1) is 9.77 Å². The zero-order valence-corrected chi connectivity index (χ0v) is 14.8. The number of carbonyl (C=O) groups excluding carboxylic acids is 2. The fourth-order valence-electron chi connectivity index (χ4n) is 1.87. The maximum absolute atomic E-state index is 12.1. The predicted octanol–water partition coefficient (Wildman–Crippen LogP) is 2.15. The summed E-state index contributed by atoms with van der Waals surface area (Å²) in [7, 11) is -3.83. The molecule has 0 spiro atoms. The maximum atomic E-state index is 12.1. The van der Waals surface area contributed by atoms with Gasteiger partial charge in [-0.15, -0.1) is 11.3 Å². The molecule has 0 fully saturated rings. The predicted molar refractivity (Wildman–Crippen MR) is 90.6 cm³/mol. The van der Waals surface area contributed by atoms with Gasteiger partial charge in [-0.1, -0.05) is 18.2 Å². The van der Waals surface area contributed by atoms with Gasteiger partial charge in [0.25, 0.3) is 0 Å². The van der Waals surface area contributed by atoms with Crippen LogP contribution >= 0.6 is 11.3 Å². The molecule has 0 amide bonds. The molecule has 128 valence electrons. The van der Waals surface area contributed by atoms with Crippen molar-refractivity contribution in [3.63, 3.8) is 0 Å². The average Bonchev–Trinajstić information content (AvgIpc) is 2.99. The molecule has 1 atom stereocenters. The summed E-state index contributed by atoms with van der Waals surface area (Å²) in [6, 6.07) is 10.1. The molecular formula is C16H17NO5S2. The summed E-state index contributed by atoms with van der Waals surface area (Å²) < 4.78 is 31.4. The average molecular weight is 367 g/mol. The Morgan fingerprint density at radius 1 is 1.17 bits per heavy atom. The molecule has 0 radical (unpaired) electrons. The molecule has 0 aliphatic heterocycles. The number of nitrogens with one attached hydrogen (secondary N) is 1. The first-order valence-corrected chi connectivity index (χ1v) is 9.43. The lowest BCUT2D eigenvalue weighted by molar-refractivity contribution is -0.144. The molecular weight excluding hydrogens is 350 g/mol. The Hall–Kier alpha value is -2.03. The van der Waals surface area contributed by atoms with Crippen LogP contribution in [0.25, 0.3) is 0 Å². The maximum Gasteiger partial charge on any atom is 0.324 e. The molecule has 0 saturated heterocycles. The van der Waals surface area contributed by atoms with Crippen molar-refractivity contribution in [2.24, 2.45) is 0 Å². The number of hydrogen-bond donors (Lipinski definition) is 1. The molecule has 0 saturated carbocycles. The summed E-state index contributed by atoms with van der Waals surface area (Å²) in [5, 5.41) is 0. The van der Waals surface area contributed by atoms with Gasteiger partial charge in [-0.25, -0.2) is 8.42 Å². The van der Waals surface area contributed by atoms with Gasteiger partial charge in [0.15, 0.2) is 6.61 Å². The van der Waals surface area contributed by atoms with E-state index in [-0.39, 0.29) is 10.7 Å². The Bertz CT molecular complexity index is 827. The van der Waals surface area contributed by atoms with Crippen molar-refractivity contribution in [1.82, 2.24) is 4.72 Å². The molecule has 1 heterocycles. The number of hydrogen-bond acceptors (Lipinski definition) is 6. The molecule has 2 rings (SSSR count). The Morgan fingerprint density at radius 3 is 2.42 bits per heavy atom. The van der Waals surface area contributed by atoms with E-state index >= 15 is 0 Å². The first kappa shape index (κ1) is 18.3. The fraction of sp³-hybridized carbons (Fsp3) is 0.250. The van der Waals surface area contributed by atoms with Crippen LogP contribution in [0.2, 0.25) is 0 Å². The molecule has 1 aromatic heterocycles. The SMILES string of the molecule is Cc1ccc(C(=O)COC(=O)[C@H](C)NS(=O)(=O)c2ccccc2)s1. The monoisotopic (exact) mass is 367 g/mol. The second-order valence-corrected chi connectivity index (χ2v) is 8.10. The third-order valence-electron chi connectivity index (χ3n) is 3.10. The van der Waals surface area contributed by atoms with Gasteiger partial charge in [-0.2, -0.15) is 4.72 Å². The quantitative estimate of drug-likeness (QED) is 0.598. The number of aryl methyl sites for hydroxylation is 1. The van der Waals surface area contributed by atoms with E-state index in [0.29, 0.717) is 4.88 Å². The first-order valence-electron chi connectivity index (χ1n) is 7.13. The normalized spacial score (nSPS) is 12.6. The Labute approximate surface area is 144 Å². The Kier molecular flexibility index (Phi) is 5.87. The van der Waals surface area contributed by atoms with Gasteiger partial charge in [0, 0.05) is 4.88 Å². The highest BCUT2D eigenvalue weighted by Crippen LogP contribution is 2.15. The molecule has 0 unspecified atom stereocenters. The van der Waals surface area contributed by atoms with E-state index in [1.807, 2.05) is 6.92 Å². The Morgan fingerprint density at radius 2 is 1.83 bits per heavy atom. The number of esters is 1. The zero-order chi connectivity index (χ0) is 17.7. The van der Waals surface area contributed by atoms with Crippen LogP contribution < -0.4 is 4.72 Å². The van der Waals surface area contributed by atoms with Gasteiger partial charge >= 0.3 is 5.97 Å². The molecule has 1 aromatic carbocycles. The van der Waals surface area contributed by atoms with Crippen LogP contribution in [0.15, 0.2) is 47.4 Å². The summed E-state index contributed by atoms with van der Waals surface area (Å²) in [5.41, 5.74) is 0. The number of ether oxygens (including phenoxy) is 1. The van der Waals surface area contributed by atoms with Crippen molar-refractivity contribution >= 4 is 33.1 Å². The third kappa shape index (κ3) is 4.73. The van der Waals surface area contributed by atoms with Crippen LogP contribution in [0.3, 0.4) is 0 Å². The van der Waals surface area contributed by atoms with Crippen molar-refractivity contribution in [3.8, 4) is 0 Å². The van der Waals surface area contributed by atoms with Crippen molar-refractivity contribution in [3.05, 3.63) is 52.2 Å². The van der Waals surface area contributed by atoms with Crippen molar-refractivity contribution in [2.45, 2.75) is 24.8 Å². The summed E-state index contributed by atoms with van der Waals surface area (Å²) in [6.07, 6.45) is 0. The topological polar surface area (TPSA) is 89.5 Å². The van der Waals surface area contributed by atoms with E-state index in [0.717, 1.165) is 4.88 Å². The van der Waals surface area contributed by atoms with E-state index in [4.69, 9.17) is 4.74 Å². The molecule has 0 aliphatic rings. The molecule has 1 N–H and O–H groups in total. The van der Waals surface area contributed by atoms with Crippen LogP contribution in [-0.4, -0.2) is 32.8 Å². The van der Waals surface area contributed by atoms with Crippen LogP contribution in [0.4, 0.5) is 0 Å². The number of Topliss-reactive ketones (excluding diaryl/α,β-unsaturated/α-hetero) is 1. The van der Waals surface area contributed by atoms with Gasteiger partial charge in [-0.05, 0) is 38.1 Å². The second kappa shape index (κ2) is 7.69. The summed E-state index contributed by atoms with van der Waals surface area (Å²) in [6.45, 7) is 2.81. The van der Waals surface area contributed by atoms with E-state index in [2.05, 4.69) is 4.72 Å². The van der Waals surface area contributed by atoms with E-state index in [9.17, 15) is 18.0 Å². The molecule has 6 nitrogen and oxygen atoms in total. The number of benzene rings is 1. The smallest absolute Gasteiger partial charge is 0.324 e. The van der Waals surface area contributed by atoms with Crippen molar-refractivity contribution < 1.29 is 22.7 Å². The number of sulfonamides is 1. The van der Waals surface area contributed by atoms with E-state index in [1.54, 1.807) is 30.3 Å². The summed E-state index contributed by atoms with van der Waals surface area (Å²) >= 11 is 1.31. The zero-order valence-electron chi connectivity index (χ0n) is 13.2. The fourth-order valence-corrected chi connectivity index (χ4v) is 3.87. The second-order valence-electron chi connectivity index (χ2n) is 5.10. The molecule has 0 bridgehead atoms. The standard InChI is InChI=1S/C16H17NO5S2/c1-11-8-9-15(23-11)14(18)10-22-16(19)12(2)17-24(20,21)13-6-4-3-5-7-13/h3-9,12,17H,10H2,1-2H3/t12-/m0/s1. The van der Waals surface area contributed by atoms with Gasteiger partial charge < -0.3 is 4.74 Å². The van der Waals surface area contributed by atoms with Crippen LogP contribution in [0, 0.1) is 6.92 Å². The molecule has 24 heavy (non-hydrogen) atoms. The van der Waals surface area contributed by atoms with E-state index < -0.39 is 28.6 Å². The minimum atomic E-state index is -3.83. The molecule has 0 aliphatic carbocycles. The van der Waals surface area contributed by atoms with Crippen molar-refractivity contribution in [1.29, 1.82) is 0 Å². The van der Waals surface area contributed by atoms with Gasteiger partial charge in [0.2, 0.25) is 15.8 Å². The first-order chi connectivity index (χ1) is 11.3. The van der Waals surface area contributed by atoms with Gasteiger partial charge in [-0.3, -0.25) is 9.59 Å². The van der Waals surface area contributed by atoms with Crippen LogP contribution in [0.5, 0.6) is 0 Å². The lowest BCUT2D eigenvalue weighted by atomic mass is 10.3. The van der Waals surface area contributed by atoms with Crippen molar-refractivity contribution in [2.75, 3.05) is 6.61 Å². The van der Waals surface area contributed by atoms with Crippen LogP contribution in [-0.2, 0) is 19.6 Å². The Balaban J connectivity index is 1.91. The molecule has 2 aromatic rings. The minimum Gasteiger partial charge on any atom is -0.456 e.